The van der Waals surface area contributed by atoms with Gasteiger partial charge in [0.05, 0.1) is 5.56 Å². The lowest BCUT2D eigenvalue weighted by atomic mass is 9.95. The maximum atomic E-state index is 14.3. The van der Waals surface area contributed by atoms with Crippen LogP contribution in [0.4, 0.5) is 10.2 Å². The number of aromatic nitrogens is 4. The normalized spacial score (nSPS) is 18.4. The predicted molar refractivity (Wildman–Crippen MR) is 116 cm³/mol. The number of hydrogen-bond donors (Lipinski definition) is 0. The van der Waals surface area contributed by atoms with E-state index in [0.29, 0.717) is 22.9 Å². The molecule has 0 saturated carbocycles. The van der Waals surface area contributed by atoms with Gasteiger partial charge in [0.2, 0.25) is 5.91 Å². The fourth-order valence-corrected chi connectivity index (χ4v) is 4.66. The number of benzene rings is 1. The van der Waals surface area contributed by atoms with Gasteiger partial charge in [-0.25, -0.2) is 4.39 Å². The van der Waals surface area contributed by atoms with E-state index in [-0.39, 0.29) is 11.7 Å². The summed E-state index contributed by atoms with van der Waals surface area (Å²) in [6.45, 7) is 3.37. The van der Waals surface area contributed by atoms with Crippen molar-refractivity contribution in [2.24, 2.45) is 5.92 Å². The smallest absolute Gasteiger partial charge is 0.225 e. The summed E-state index contributed by atoms with van der Waals surface area (Å²) in [5.41, 5.74) is 0.953. The van der Waals surface area contributed by atoms with E-state index >= 15 is 0 Å². The van der Waals surface area contributed by atoms with Crippen LogP contribution in [0.3, 0.4) is 0 Å². The van der Waals surface area contributed by atoms with Gasteiger partial charge in [-0.05, 0) is 49.9 Å². The van der Waals surface area contributed by atoms with Crippen LogP contribution in [0.25, 0.3) is 17.0 Å². The number of nitrogens with zero attached hydrogens (tertiary/aromatic N) is 6. The minimum atomic E-state index is -0.350. The Hall–Kier alpha value is -3.03. The number of piperidine rings is 1. The Bertz CT molecular complexity index is 1070. The fraction of sp³-hybridized carbons (Fsp3) is 0.478. The second-order valence-corrected chi connectivity index (χ2v) is 8.47. The first kappa shape index (κ1) is 19.9. The van der Waals surface area contributed by atoms with Crippen molar-refractivity contribution in [3.63, 3.8) is 0 Å². The zero-order valence-electron chi connectivity index (χ0n) is 17.6. The fourth-order valence-electron chi connectivity index (χ4n) is 4.66. The third-order valence-electron chi connectivity index (χ3n) is 6.45. The van der Waals surface area contributed by atoms with E-state index in [1.165, 1.54) is 18.9 Å². The van der Waals surface area contributed by atoms with Gasteiger partial charge in [-0.15, -0.1) is 15.3 Å². The van der Waals surface area contributed by atoms with Crippen LogP contribution >= 0.6 is 0 Å². The molecule has 7 nitrogen and oxygen atoms in total. The average molecular weight is 423 g/mol. The highest BCUT2D eigenvalue weighted by atomic mass is 19.1. The maximum absolute atomic E-state index is 14.3. The number of rotatable bonds is 3. The Kier molecular flexibility index (Phi) is 5.53. The summed E-state index contributed by atoms with van der Waals surface area (Å²) in [7, 11) is 0. The molecule has 2 aliphatic rings. The Labute approximate surface area is 180 Å². The molecule has 0 atom stereocenters. The summed E-state index contributed by atoms with van der Waals surface area (Å²) in [6, 6.07) is 10.3. The van der Waals surface area contributed by atoms with Crippen LogP contribution in [-0.4, -0.2) is 56.8 Å². The number of anilines is 1. The van der Waals surface area contributed by atoms with Gasteiger partial charge in [-0.2, -0.15) is 4.52 Å². The molecule has 0 bridgehead atoms. The highest BCUT2D eigenvalue weighted by molar-refractivity contribution is 5.79. The minimum absolute atomic E-state index is 0.0990. The number of fused-ring (bicyclic) bond motifs is 1. The van der Waals surface area contributed by atoms with E-state index in [9.17, 15) is 9.18 Å². The number of hydrogen-bond acceptors (Lipinski definition) is 5. The average Bonchev–Trinajstić information content (AvgIpc) is 3.03. The van der Waals surface area contributed by atoms with Crippen molar-refractivity contribution in [3.05, 3.63) is 42.2 Å². The molecule has 3 aromatic rings. The van der Waals surface area contributed by atoms with Crippen LogP contribution in [0.15, 0.2) is 36.4 Å². The predicted octanol–water partition coefficient (Wildman–Crippen LogP) is 3.55. The lowest BCUT2D eigenvalue weighted by Gasteiger charge is -2.34. The van der Waals surface area contributed by atoms with Crippen molar-refractivity contribution in [1.82, 2.24) is 24.7 Å². The lowest BCUT2D eigenvalue weighted by Crippen LogP contribution is -2.43. The summed E-state index contributed by atoms with van der Waals surface area (Å²) in [5, 5.41) is 13.0. The second kappa shape index (κ2) is 8.61. The SMILES string of the molecule is O=C(C1CCN(c2ccc3nnc(-c4ccccc4F)n3n2)CC1)N1CCCCCC1. The molecule has 1 amide bonds. The van der Waals surface area contributed by atoms with Crippen LogP contribution in [-0.2, 0) is 4.79 Å². The summed E-state index contributed by atoms with van der Waals surface area (Å²) in [4.78, 5) is 17.2. The van der Waals surface area contributed by atoms with E-state index in [1.807, 2.05) is 12.1 Å². The third-order valence-corrected chi connectivity index (χ3v) is 6.45. The van der Waals surface area contributed by atoms with Crippen molar-refractivity contribution >= 4 is 17.4 Å². The van der Waals surface area contributed by atoms with Crippen LogP contribution in [0.1, 0.15) is 38.5 Å². The number of carbonyl (C=O) groups is 1. The lowest BCUT2D eigenvalue weighted by molar-refractivity contribution is -0.136. The van der Waals surface area contributed by atoms with Gasteiger partial charge in [0.25, 0.3) is 0 Å². The Balaban J connectivity index is 1.31. The molecule has 2 fully saturated rings. The van der Waals surface area contributed by atoms with Crippen LogP contribution in [0.2, 0.25) is 0 Å². The van der Waals surface area contributed by atoms with Gasteiger partial charge < -0.3 is 9.80 Å². The Morgan fingerprint density at radius 3 is 2.39 bits per heavy atom. The van der Waals surface area contributed by atoms with Crippen molar-refractivity contribution in [2.75, 3.05) is 31.1 Å². The number of halogens is 1. The molecule has 162 valence electrons. The molecule has 2 aliphatic heterocycles. The monoisotopic (exact) mass is 422 g/mol. The first-order valence-corrected chi connectivity index (χ1v) is 11.2. The molecule has 31 heavy (non-hydrogen) atoms. The zero-order chi connectivity index (χ0) is 21.2. The third kappa shape index (κ3) is 3.98. The molecule has 1 aromatic carbocycles. The summed E-state index contributed by atoms with van der Waals surface area (Å²) < 4.78 is 15.9. The number of likely N-dealkylation sites (tertiary alicyclic amines) is 1. The van der Waals surface area contributed by atoms with Crippen molar-refractivity contribution in [1.29, 1.82) is 0 Å². The minimum Gasteiger partial charge on any atom is -0.355 e. The summed E-state index contributed by atoms with van der Waals surface area (Å²) in [5.74, 6) is 1.26. The molecule has 0 unspecified atom stereocenters. The maximum Gasteiger partial charge on any atom is 0.225 e. The Morgan fingerprint density at radius 2 is 1.65 bits per heavy atom. The Morgan fingerprint density at radius 1 is 0.903 bits per heavy atom. The highest BCUT2D eigenvalue weighted by Gasteiger charge is 2.29. The second-order valence-electron chi connectivity index (χ2n) is 8.47. The standard InChI is InChI=1S/C23H27FN6O/c24-19-8-4-3-7-18(19)22-26-25-20-9-10-21(27-30(20)22)28-15-11-17(12-16-28)23(31)29-13-5-1-2-6-14-29/h3-4,7-10,17H,1-2,5-6,11-16H2. The molecule has 8 heteroatoms. The molecular formula is C23H27FN6O. The van der Waals surface area contributed by atoms with Crippen LogP contribution in [0.5, 0.6) is 0 Å². The van der Waals surface area contributed by atoms with Crippen molar-refractivity contribution in [3.8, 4) is 11.4 Å². The van der Waals surface area contributed by atoms with Gasteiger partial charge in [-0.3, -0.25) is 4.79 Å². The molecule has 0 spiro atoms. The van der Waals surface area contributed by atoms with Crippen LogP contribution < -0.4 is 4.90 Å². The van der Waals surface area contributed by atoms with Gasteiger partial charge in [0.15, 0.2) is 11.5 Å². The van der Waals surface area contributed by atoms with E-state index in [4.69, 9.17) is 5.10 Å². The van der Waals surface area contributed by atoms with Gasteiger partial charge in [0, 0.05) is 32.1 Å². The molecule has 0 aliphatic carbocycles. The molecule has 2 saturated heterocycles. The molecule has 5 rings (SSSR count). The van der Waals surface area contributed by atoms with E-state index in [1.54, 1.807) is 22.7 Å². The highest BCUT2D eigenvalue weighted by Crippen LogP contribution is 2.26. The first-order valence-electron chi connectivity index (χ1n) is 11.2. The van der Waals surface area contributed by atoms with Crippen molar-refractivity contribution < 1.29 is 9.18 Å². The first-order chi connectivity index (χ1) is 15.2. The van der Waals surface area contributed by atoms with E-state index < -0.39 is 0 Å². The summed E-state index contributed by atoms with van der Waals surface area (Å²) in [6.07, 6.45) is 6.37. The summed E-state index contributed by atoms with van der Waals surface area (Å²) >= 11 is 0. The molecule has 2 aromatic heterocycles. The quantitative estimate of drug-likeness (QED) is 0.646. The zero-order valence-corrected chi connectivity index (χ0v) is 17.6. The van der Waals surface area contributed by atoms with Gasteiger partial charge >= 0.3 is 0 Å². The number of carbonyl (C=O) groups excluding carboxylic acids is 1. The molecular weight excluding hydrogens is 395 g/mol. The van der Waals surface area contributed by atoms with E-state index in [2.05, 4.69) is 20.0 Å². The van der Waals surface area contributed by atoms with Gasteiger partial charge in [-0.1, -0.05) is 25.0 Å². The molecule has 0 radical (unpaired) electrons. The van der Waals surface area contributed by atoms with Crippen molar-refractivity contribution in [2.45, 2.75) is 38.5 Å². The molecule has 0 N–H and O–H groups in total. The van der Waals surface area contributed by atoms with Crippen LogP contribution in [0, 0.1) is 11.7 Å². The van der Waals surface area contributed by atoms with E-state index in [0.717, 1.165) is 57.7 Å². The van der Waals surface area contributed by atoms with Gasteiger partial charge in [0.1, 0.15) is 11.6 Å². The molecule has 4 heterocycles. The number of amides is 1. The topological polar surface area (TPSA) is 66.6 Å². The largest absolute Gasteiger partial charge is 0.355 e.